The Balaban J connectivity index is 1.37. The van der Waals surface area contributed by atoms with Gasteiger partial charge in [-0.3, -0.25) is 9.80 Å². The summed E-state index contributed by atoms with van der Waals surface area (Å²) in [7, 11) is 0. The van der Waals surface area contributed by atoms with Crippen molar-refractivity contribution in [1.29, 1.82) is 0 Å². The highest BCUT2D eigenvalue weighted by Crippen LogP contribution is 2.28. The molecular weight excluding hydrogens is 414 g/mol. The third-order valence-corrected chi connectivity index (χ3v) is 6.49. The lowest BCUT2D eigenvalue weighted by Gasteiger charge is -2.32. The molecule has 0 fully saturated rings. The van der Waals surface area contributed by atoms with E-state index in [2.05, 4.69) is 80.0 Å². The Bertz CT molecular complexity index is 812. The fourth-order valence-electron chi connectivity index (χ4n) is 4.52. The van der Waals surface area contributed by atoms with Crippen molar-refractivity contribution in [1.82, 2.24) is 9.80 Å². The lowest BCUT2D eigenvalue weighted by atomic mass is 10.00. The van der Waals surface area contributed by atoms with E-state index in [9.17, 15) is 5.11 Å². The monoisotopic (exact) mass is 443 g/mol. The van der Waals surface area contributed by atoms with Gasteiger partial charge in [0, 0.05) is 62.5 Å². The van der Waals surface area contributed by atoms with E-state index in [1.165, 1.54) is 22.4 Å². The summed E-state index contributed by atoms with van der Waals surface area (Å²) < 4.78 is 1.13. The summed E-state index contributed by atoms with van der Waals surface area (Å²) in [6.45, 7) is 9.57. The van der Waals surface area contributed by atoms with E-state index in [-0.39, 0.29) is 6.10 Å². The summed E-state index contributed by atoms with van der Waals surface area (Å²) in [4.78, 5) is 7.24. The van der Waals surface area contributed by atoms with Crippen molar-refractivity contribution in [3.63, 3.8) is 0 Å². The van der Waals surface area contributed by atoms with Crippen LogP contribution in [0.25, 0.3) is 0 Å². The minimum atomic E-state index is -0.322. The summed E-state index contributed by atoms with van der Waals surface area (Å²) >= 11 is 3.61. The van der Waals surface area contributed by atoms with E-state index >= 15 is 0 Å². The molecule has 2 aromatic carbocycles. The molecule has 0 saturated carbocycles. The minimum absolute atomic E-state index is 0.322. The van der Waals surface area contributed by atoms with Crippen molar-refractivity contribution in [2.24, 2.45) is 0 Å². The summed E-state index contributed by atoms with van der Waals surface area (Å²) in [5.74, 6) is 0. The zero-order valence-electron chi connectivity index (χ0n) is 16.6. The number of aliphatic hydroxyl groups excluding tert-OH is 1. The Morgan fingerprint density at radius 3 is 2.43 bits per heavy atom. The number of benzene rings is 2. The largest absolute Gasteiger partial charge is 0.390 e. The normalized spacial score (nSPS) is 19.0. The van der Waals surface area contributed by atoms with Crippen molar-refractivity contribution in [3.8, 4) is 0 Å². The van der Waals surface area contributed by atoms with Crippen molar-refractivity contribution >= 4 is 21.6 Å². The maximum absolute atomic E-state index is 10.8. The van der Waals surface area contributed by atoms with Crippen molar-refractivity contribution in [3.05, 3.63) is 63.6 Å². The molecule has 0 saturated heterocycles. The van der Waals surface area contributed by atoms with E-state index in [1.54, 1.807) is 0 Å². The number of likely N-dealkylation sites (N-methyl/N-ethyl adjacent to an activating group) is 1. The van der Waals surface area contributed by atoms with E-state index in [4.69, 9.17) is 0 Å². The van der Waals surface area contributed by atoms with Crippen LogP contribution in [0.2, 0.25) is 0 Å². The van der Waals surface area contributed by atoms with Gasteiger partial charge in [0.2, 0.25) is 0 Å². The van der Waals surface area contributed by atoms with Gasteiger partial charge in [-0.2, -0.15) is 0 Å². The number of hydrogen-bond acceptors (Lipinski definition) is 4. The molecule has 0 radical (unpaired) electrons. The summed E-state index contributed by atoms with van der Waals surface area (Å²) in [6, 6.07) is 15.3. The number of aliphatic hydroxyl groups is 1. The molecule has 0 aliphatic carbocycles. The van der Waals surface area contributed by atoms with Gasteiger partial charge in [0.1, 0.15) is 0 Å². The van der Waals surface area contributed by atoms with Crippen molar-refractivity contribution < 1.29 is 5.11 Å². The maximum Gasteiger partial charge on any atom is 0.0794 e. The predicted molar refractivity (Wildman–Crippen MR) is 119 cm³/mol. The average Bonchev–Trinajstić information content (AvgIpc) is 2.86. The molecule has 0 bridgehead atoms. The van der Waals surface area contributed by atoms with Crippen LogP contribution in [0.3, 0.4) is 0 Å². The number of anilines is 1. The minimum Gasteiger partial charge on any atom is -0.390 e. The van der Waals surface area contributed by atoms with Gasteiger partial charge in [-0.25, -0.2) is 0 Å². The van der Waals surface area contributed by atoms with Crippen LogP contribution in [0.5, 0.6) is 0 Å². The molecule has 0 spiro atoms. The Morgan fingerprint density at radius 2 is 1.64 bits per heavy atom. The lowest BCUT2D eigenvalue weighted by molar-refractivity contribution is 0.0682. The molecule has 4 nitrogen and oxygen atoms in total. The molecule has 4 rings (SSSR count). The smallest absolute Gasteiger partial charge is 0.0794 e. The number of hydrogen-bond donors (Lipinski definition) is 1. The third kappa shape index (κ3) is 4.60. The molecule has 2 aromatic rings. The molecule has 150 valence electrons. The Labute approximate surface area is 176 Å². The summed E-state index contributed by atoms with van der Waals surface area (Å²) in [5, 5.41) is 10.8. The van der Waals surface area contributed by atoms with Crippen LogP contribution in [-0.2, 0) is 19.5 Å². The zero-order chi connectivity index (χ0) is 19.5. The van der Waals surface area contributed by atoms with Gasteiger partial charge in [0.05, 0.1) is 6.10 Å². The highest BCUT2D eigenvalue weighted by Gasteiger charge is 2.23. The fraction of sp³-hybridized carbons (Fsp3) is 0.478. The summed E-state index contributed by atoms with van der Waals surface area (Å²) in [5.41, 5.74) is 5.54. The molecule has 1 N–H and O–H groups in total. The molecule has 28 heavy (non-hydrogen) atoms. The molecule has 1 atom stereocenters. The molecule has 2 aliphatic heterocycles. The Kier molecular flexibility index (Phi) is 6.36. The Morgan fingerprint density at radius 1 is 0.929 bits per heavy atom. The quantitative estimate of drug-likeness (QED) is 0.765. The number of β-amino-alcohol motifs (C(OH)–C–C–N with tert-alkyl or cyclic N) is 1. The van der Waals surface area contributed by atoms with Crippen molar-refractivity contribution in [2.75, 3.05) is 44.2 Å². The molecule has 0 aromatic heterocycles. The predicted octanol–water partition coefficient (Wildman–Crippen LogP) is 3.51. The van der Waals surface area contributed by atoms with Gasteiger partial charge in [0.25, 0.3) is 0 Å². The van der Waals surface area contributed by atoms with E-state index in [1.807, 2.05) is 0 Å². The van der Waals surface area contributed by atoms with Crippen LogP contribution >= 0.6 is 15.9 Å². The second kappa shape index (κ2) is 8.95. The molecule has 1 unspecified atom stereocenters. The first-order chi connectivity index (χ1) is 13.6. The zero-order valence-corrected chi connectivity index (χ0v) is 18.2. The molecule has 2 heterocycles. The SMILES string of the molecule is CCN1CCN(CC(O)CN2CCc3ccccc3C2)Cc2ccc(Br)cc21. The van der Waals surface area contributed by atoms with Crippen molar-refractivity contribution in [2.45, 2.75) is 32.5 Å². The van der Waals surface area contributed by atoms with Gasteiger partial charge in [-0.05, 0) is 42.2 Å². The first-order valence-corrected chi connectivity index (χ1v) is 11.1. The lowest BCUT2D eigenvalue weighted by Crippen LogP contribution is -2.43. The number of nitrogens with zero attached hydrogens (tertiary/aromatic N) is 3. The number of halogens is 1. The maximum atomic E-state index is 10.8. The van der Waals surface area contributed by atoms with Crippen LogP contribution in [0.4, 0.5) is 5.69 Å². The Hall–Kier alpha value is -1.40. The van der Waals surface area contributed by atoms with Gasteiger partial charge < -0.3 is 10.0 Å². The third-order valence-electron chi connectivity index (χ3n) is 6.00. The molecule has 5 heteroatoms. The fourth-order valence-corrected chi connectivity index (χ4v) is 4.86. The number of fused-ring (bicyclic) bond motifs is 2. The van der Waals surface area contributed by atoms with Gasteiger partial charge in [0.15, 0.2) is 0 Å². The van der Waals surface area contributed by atoms with E-state index in [0.29, 0.717) is 0 Å². The molecular formula is C23H30BrN3O. The first kappa shape index (κ1) is 19.9. The first-order valence-electron chi connectivity index (χ1n) is 10.4. The molecule has 0 amide bonds. The van der Waals surface area contributed by atoms with Crippen LogP contribution in [0, 0.1) is 0 Å². The standard InChI is InChI=1S/C23H30BrN3O/c1-2-27-12-11-26(15-20-7-8-21(24)13-23(20)27)17-22(28)16-25-10-9-18-5-3-4-6-19(18)14-25/h3-8,13,22,28H,2,9-12,14-17H2,1H3. The highest BCUT2D eigenvalue weighted by atomic mass is 79.9. The average molecular weight is 444 g/mol. The van der Waals surface area contributed by atoms with Crippen LogP contribution in [0.1, 0.15) is 23.6 Å². The molecule has 2 aliphatic rings. The van der Waals surface area contributed by atoms with Gasteiger partial charge in [-0.1, -0.05) is 46.3 Å². The van der Waals surface area contributed by atoms with E-state index < -0.39 is 0 Å². The van der Waals surface area contributed by atoms with Gasteiger partial charge >= 0.3 is 0 Å². The topological polar surface area (TPSA) is 30.0 Å². The second-order valence-electron chi connectivity index (χ2n) is 8.00. The van der Waals surface area contributed by atoms with Crippen LogP contribution in [0.15, 0.2) is 46.9 Å². The van der Waals surface area contributed by atoms with Gasteiger partial charge in [-0.15, -0.1) is 0 Å². The summed E-state index contributed by atoms with van der Waals surface area (Å²) in [6.07, 6.45) is 0.762. The van der Waals surface area contributed by atoms with Crippen LogP contribution in [-0.4, -0.2) is 60.3 Å². The highest BCUT2D eigenvalue weighted by molar-refractivity contribution is 9.10. The van der Waals surface area contributed by atoms with E-state index in [0.717, 1.165) is 63.3 Å². The second-order valence-corrected chi connectivity index (χ2v) is 8.91. The van der Waals surface area contributed by atoms with Crippen LogP contribution < -0.4 is 4.90 Å². The number of rotatable bonds is 5.